The lowest BCUT2D eigenvalue weighted by molar-refractivity contribution is -0.119. The summed E-state index contributed by atoms with van der Waals surface area (Å²) in [6, 6.07) is 1.76. The molecule has 0 bridgehead atoms. The van der Waals surface area contributed by atoms with Gasteiger partial charge in [-0.2, -0.15) is 0 Å². The van der Waals surface area contributed by atoms with Gasteiger partial charge in [0.2, 0.25) is 11.8 Å². The van der Waals surface area contributed by atoms with E-state index in [4.69, 9.17) is 0 Å². The Hall–Kier alpha value is -1.56. The summed E-state index contributed by atoms with van der Waals surface area (Å²) in [4.78, 5) is 30.3. The zero-order valence-corrected chi connectivity index (χ0v) is 12.1. The normalized spacial score (nSPS) is 15.2. The SMILES string of the molecule is CC(C)C(=O)Nc1cc2c(cn1)SCCC(=O)N2C. The van der Waals surface area contributed by atoms with Crippen LogP contribution in [0, 0.1) is 5.92 Å². The van der Waals surface area contributed by atoms with Crippen molar-refractivity contribution >= 4 is 35.1 Å². The van der Waals surface area contributed by atoms with Gasteiger partial charge < -0.3 is 10.2 Å². The molecule has 0 aromatic carbocycles. The molecule has 5 nitrogen and oxygen atoms in total. The van der Waals surface area contributed by atoms with Crippen LogP contribution in [0.4, 0.5) is 11.5 Å². The molecular formula is C13H17N3O2S. The third kappa shape index (κ3) is 3.07. The lowest BCUT2D eigenvalue weighted by Crippen LogP contribution is -2.26. The van der Waals surface area contributed by atoms with E-state index < -0.39 is 0 Å². The minimum Gasteiger partial charge on any atom is -0.314 e. The molecule has 0 saturated carbocycles. The Bertz CT molecular complexity index is 517. The molecule has 0 unspecified atom stereocenters. The highest BCUT2D eigenvalue weighted by atomic mass is 32.2. The van der Waals surface area contributed by atoms with Crippen LogP contribution in [0.3, 0.4) is 0 Å². The number of thioether (sulfide) groups is 1. The molecule has 2 amide bonds. The summed E-state index contributed by atoms with van der Waals surface area (Å²) in [5, 5.41) is 2.75. The van der Waals surface area contributed by atoms with E-state index in [1.165, 1.54) is 0 Å². The molecule has 0 aliphatic carbocycles. The summed E-state index contributed by atoms with van der Waals surface area (Å²) < 4.78 is 0. The second-order valence-corrected chi connectivity index (χ2v) is 5.87. The first kappa shape index (κ1) is 13.9. The highest BCUT2D eigenvalue weighted by Crippen LogP contribution is 2.34. The molecule has 2 rings (SSSR count). The maximum absolute atomic E-state index is 11.8. The first-order valence-electron chi connectivity index (χ1n) is 6.19. The molecule has 102 valence electrons. The zero-order chi connectivity index (χ0) is 14.0. The van der Waals surface area contributed by atoms with Crippen LogP contribution in [0.5, 0.6) is 0 Å². The summed E-state index contributed by atoms with van der Waals surface area (Å²) in [7, 11) is 1.75. The predicted octanol–water partition coefficient (Wildman–Crippen LogP) is 2.13. The number of hydrogen-bond donors (Lipinski definition) is 1. The number of pyridine rings is 1. The Balaban J connectivity index is 2.29. The van der Waals surface area contributed by atoms with Crippen molar-refractivity contribution in [3.05, 3.63) is 12.3 Å². The zero-order valence-electron chi connectivity index (χ0n) is 11.3. The van der Waals surface area contributed by atoms with Gasteiger partial charge in [-0.05, 0) is 0 Å². The molecular weight excluding hydrogens is 262 g/mol. The monoisotopic (exact) mass is 279 g/mol. The van der Waals surface area contributed by atoms with Gasteiger partial charge in [-0.25, -0.2) is 4.98 Å². The highest BCUT2D eigenvalue weighted by Gasteiger charge is 2.20. The molecule has 1 N–H and O–H groups in total. The van der Waals surface area contributed by atoms with Gasteiger partial charge in [-0.1, -0.05) is 13.8 Å². The Morgan fingerprint density at radius 1 is 1.53 bits per heavy atom. The second-order valence-electron chi connectivity index (χ2n) is 4.73. The van der Waals surface area contributed by atoms with Crippen molar-refractivity contribution in [2.75, 3.05) is 23.0 Å². The number of nitrogens with zero attached hydrogens (tertiary/aromatic N) is 2. The number of nitrogens with one attached hydrogen (secondary N) is 1. The molecule has 0 saturated heterocycles. The fourth-order valence-corrected chi connectivity index (χ4v) is 2.66. The van der Waals surface area contributed by atoms with E-state index >= 15 is 0 Å². The first-order chi connectivity index (χ1) is 8.99. The third-order valence-electron chi connectivity index (χ3n) is 2.93. The van der Waals surface area contributed by atoms with Crippen LogP contribution >= 0.6 is 11.8 Å². The minimum absolute atomic E-state index is 0.0808. The Kier molecular flexibility index (Phi) is 4.09. The van der Waals surface area contributed by atoms with Crippen molar-refractivity contribution < 1.29 is 9.59 Å². The number of fused-ring (bicyclic) bond motifs is 1. The van der Waals surface area contributed by atoms with E-state index in [1.807, 2.05) is 13.8 Å². The van der Waals surface area contributed by atoms with Crippen molar-refractivity contribution in [2.24, 2.45) is 5.92 Å². The number of aromatic nitrogens is 1. The van der Waals surface area contributed by atoms with Crippen molar-refractivity contribution in [1.29, 1.82) is 0 Å². The largest absolute Gasteiger partial charge is 0.314 e. The fourth-order valence-electron chi connectivity index (χ4n) is 1.69. The van der Waals surface area contributed by atoms with Gasteiger partial charge in [0.25, 0.3) is 0 Å². The molecule has 0 spiro atoms. The summed E-state index contributed by atoms with van der Waals surface area (Å²) in [6.45, 7) is 3.65. The molecule has 1 aliphatic rings. The number of amides is 2. The van der Waals surface area contributed by atoms with Crippen LogP contribution < -0.4 is 10.2 Å². The third-order valence-corrected chi connectivity index (χ3v) is 3.97. The number of rotatable bonds is 2. The summed E-state index contributed by atoms with van der Waals surface area (Å²) >= 11 is 1.61. The molecule has 0 fully saturated rings. The smallest absolute Gasteiger partial charge is 0.228 e. The maximum Gasteiger partial charge on any atom is 0.228 e. The van der Waals surface area contributed by atoms with Gasteiger partial charge in [0.05, 0.1) is 5.69 Å². The van der Waals surface area contributed by atoms with Crippen LogP contribution in [0.2, 0.25) is 0 Å². The molecule has 6 heteroatoms. The lowest BCUT2D eigenvalue weighted by Gasteiger charge is -2.18. The maximum atomic E-state index is 11.8. The van der Waals surface area contributed by atoms with E-state index in [0.717, 1.165) is 16.3 Å². The Morgan fingerprint density at radius 2 is 2.26 bits per heavy atom. The number of carbonyl (C=O) groups is 2. The number of hydrogen-bond acceptors (Lipinski definition) is 4. The van der Waals surface area contributed by atoms with Gasteiger partial charge in [-0.3, -0.25) is 9.59 Å². The van der Waals surface area contributed by atoms with Crippen LogP contribution in [0.25, 0.3) is 0 Å². The van der Waals surface area contributed by atoms with E-state index in [-0.39, 0.29) is 17.7 Å². The van der Waals surface area contributed by atoms with Gasteiger partial charge in [-0.15, -0.1) is 11.8 Å². The molecule has 0 atom stereocenters. The molecule has 19 heavy (non-hydrogen) atoms. The van der Waals surface area contributed by atoms with Gasteiger partial charge >= 0.3 is 0 Å². The first-order valence-corrected chi connectivity index (χ1v) is 7.18. The quantitative estimate of drug-likeness (QED) is 0.901. The molecule has 0 radical (unpaired) electrons. The number of carbonyl (C=O) groups excluding carboxylic acids is 2. The van der Waals surface area contributed by atoms with E-state index in [1.54, 1.807) is 36.0 Å². The van der Waals surface area contributed by atoms with Gasteiger partial charge in [0.15, 0.2) is 0 Å². The van der Waals surface area contributed by atoms with Crippen molar-refractivity contribution in [2.45, 2.75) is 25.2 Å². The fraction of sp³-hybridized carbons (Fsp3) is 0.462. The van der Waals surface area contributed by atoms with Crippen molar-refractivity contribution in [3.63, 3.8) is 0 Å². The van der Waals surface area contributed by atoms with Crippen LogP contribution in [-0.2, 0) is 9.59 Å². The molecule has 2 heterocycles. The van der Waals surface area contributed by atoms with Crippen LogP contribution in [-0.4, -0.2) is 29.6 Å². The summed E-state index contributed by atoms with van der Waals surface area (Å²) in [5.41, 5.74) is 0.807. The average Bonchev–Trinajstić information content (AvgIpc) is 2.51. The predicted molar refractivity (Wildman–Crippen MR) is 76.5 cm³/mol. The van der Waals surface area contributed by atoms with Crippen molar-refractivity contribution in [3.8, 4) is 0 Å². The standard InChI is InChI=1S/C13H17N3O2S/c1-8(2)13(18)15-11-6-9-10(7-14-11)19-5-4-12(17)16(9)3/h6-8H,4-5H2,1-3H3,(H,14,15,18). The highest BCUT2D eigenvalue weighted by molar-refractivity contribution is 7.99. The lowest BCUT2D eigenvalue weighted by atomic mass is 10.2. The van der Waals surface area contributed by atoms with Crippen LogP contribution in [0.15, 0.2) is 17.2 Å². The average molecular weight is 279 g/mol. The molecule has 1 aromatic heterocycles. The van der Waals surface area contributed by atoms with Gasteiger partial charge in [0.1, 0.15) is 5.82 Å². The number of anilines is 2. The molecule has 1 aliphatic heterocycles. The summed E-state index contributed by atoms with van der Waals surface area (Å²) in [6.07, 6.45) is 2.23. The van der Waals surface area contributed by atoms with E-state index in [2.05, 4.69) is 10.3 Å². The Morgan fingerprint density at radius 3 is 2.95 bits per heavy atom. The molecule has 1 aromatic rings. The van der Waals surface area contributed by atoms with E-state index in [0.29, 0.717) is 12.2 Å². The van der Waals surface area contributed by atoms with Crippen molar-refractivity contribution in [1.82, 2.24) is 4.98 Å². The van der Waals surface area contributed by atoms with E-state index in [9.17, 15) is 9.59 Å². The topological polar surface area (TPSA) is 62.3 Å². The summed E-state index contributed by atoms with van der Waals surface area (Å²) in [5.74, 6) is 1.14. The van der Waals surface area contributed by atoms with Gasteiger partial charge in [0, 0.05) is 42.3 Å². The minimum atomic E-state index is -0.102. The second kappa shape index (κ2) is 5.61. The Labute approximate surface area is 116 Å². The van der Waals surface area contributed by atoms with Crippen LogP contribution in [0.1, 0.15) is 20.3 Å².